The summed E-state index contributed by atoms with van der Waals surface area (Å²) in [6.07, 6.45) is -0.708. The van der Waals surface area contributed by atoms with Crippen molar-refractivity contribution in [2.75, 3.05) is 0 Å². The van der Waals surface area contributed by atoms with Crippen LogP contribution in [-0.4, -0.2) is 34.6 Å². The highest BCUT2D eigenvalue weighted by Crippen LogP contribution is 2.29. The number of carbonyl (C=O) groups excluding carboxylic acids is 3. The van der Waals surface area contributed by atoms with E-state index in [0.29, 0.717) is 17.9 Å². The van der Waals surface area contributed by atoms with Gasteiger partial charge in [0.2, 0.25) is 5.91 Å². The first-order valence-corrected chi connectivity index (χ1v) is 9.80. The zero-order valence-corrected chi connectivity index (χ0v) is 17.5. The van der Waals surface area contributed by atoms with E-state index in [4.69, 9.17) is 9.47 Å². The van der Waals surface area contributed by atoms with Gasteiger partial charge in [-0.2, -0.15) is 0 Å². The highest BCUT2D eigenvalue weighted by molar-refractivity contribution is 6.00. The lowest BCUT2D eigenvalue weighted by Gasteiger charge is -2.43. The molecule has 3 amide bonds. The second-order valence-electron chi connectivity index (χ2n) is 8.18. The Morgan fingerprint density at radius 2 is 1.67 bits per heavy atom. The van der Waals surface area contributed by atoms with Gasteiger partial charge in [-0.15, -0.1) is 0 Å². The molecule has 30 heavy (non-hydrogen) atoms. The van der Waals surface area contributed by atoms with E-state index in [2.05, 4.69) is 5.32 Å². The fraction of sp³-hybridized carbons (Fsp3) is 0.348. The third kappa shape index (κ3) is 4.97. The molecule has 0 aliphatic carbocycles. The number of urea groups is 1. The van der Waals surface area contributed by atoms with Crippen LogP contribution in [-0.2, 0) is 16.1 Å². The molecule has 2 aromatic rings. The van der Waals surface area contributed by atoms with Gasteiger partial charge in [-0.1, -0.05) is 30.3 Å². The number of esters is 1. The minimum Gasteiger partial charge on any atom is -0.469 e. The highest BCUT2D eigenvalue weighted by atomic mass is 16.6. The summed E-state index contributed by atoms with van der Waals surface area (Å²) in [7, 11) is 0. The Hall–Kier alpha value is -3.35. The van der Waals surface area contributed by atoms with Gasteiger partial charge >= 0.3 is 12.0 Å². The van der Waals surface area contributed by atoms with Crippen LogP contribution in [0.2, 0.25) is 0 Å². The maximum absolute atomic E-state index is 12.5. The zero-order valence-electron chi connectivity index (χ0n) is 17.5. The van der Waals surface area contributed by atoms with Gasteiger partial charge in [0, 0.05) is 6.54 Å². The second-order valence-corrected chi connectivity index (χ2v) is 8.18. The zero-order chi connectivity index (χ0) is 21.9. The average molecular weight is 410 g/mol. The molecule has 0 bridgehead atoms. The first-order chi connectivity index (χ1) is 14.2. The van der Waals surface area contributed by atoms with E-state index in [0.717, 1.165) is 10.5 Å². The van der Waals surface area contributed by atoms with E-state index < -0.39 is 29.7 Å². The van der Waals surface area contributed by atoms with Crippen LogP contribution in [0, 0.1) is 5.92 Å². The molecule has 1 aliphatic rings. The Bertz CT molecular complexity index is 919. The van der Waals surface area contributed by atoms with Crippen molar-refractivity contribution in [3.63, 3.8) is 0 Å². The molecule has 3 rings (SSSR count). The SMILES string of the molecule is C[C@H]1C(=O)N(C(=O)NCc2ccccc2)[C@@H]1Oc1ccc(C(=O)OC(C)(C)C)cc1. The van der Waals surface area contributed by atoms with Crippen molar-refractivity contribution < 1.29 is 23.9 Å². The van der Waals surface area contributed by atoms with Crippen LogP contribution < -0.4 is 10.1 Å². The molecule has 7 nitrogen and oxygen atoms in total. The molecule has 2 aromatic carbocycles. The van der Waals surface area contributed by atoms with Crippen LogP contribution in [0.4, 0.5) is 4.79 Å². The standard InChI is InChI=1S/C23H26N2O5/c1-15-19(26)25(22(28)24-14-16-8-6-5-7-9-16)20(15)29-18-12-10-17(11-13-18)21(27)30-23(2,3)4/h5-13,15,20H,14H2,1-4H3,(H,24,28)/t15-,20+/m0/s1. The number of amides is 3. The third-order valence-electron chi connectivity index (χ3n) is 4.56. The van der Waals surface area contributed by atoms with Crippen molar-refractivity contribution in [3.05, 3.63) is 65.7 Å². The molecule has 0 spiro atoms. The Morgan fingerprint density at radius 1 is 1.03 bits per heavy atom. The Morgan fingerprint density at radius 3 is 2.27 bits per heavy atom. The van der Waals surface area contributed by atoms with Crippen LogP contribution in [0.1, 0.15) is 43.6 Å². The number of nitrogens with zero attached hydrogens (tertiary/aromatic N) is 1. The topological polar surface area (TPSA) is 84.9 Å². The summed E-state index contributed by atoms with van der Waals surface area (Å²) in [6.45, 7) is 7.43. The van der Waals surface area contributed by atoms with Gasteiger partial charge in [0.25, 0.3) is 0 Å². The van der Waals surface area contributed by atoms with Crippen molar-refractivity contribution in [3.8, 4) is 5.75 Å². The van der Waals surface area contributed by atoms with Gasteiger partial charge in [0.1, 0.15) is 11.4 Å². The molecular weight excluding hydrogens is 384 g/mol. The van der Waals surface area contributed by atoms with Gasteiger partial charge in [-0.3, -0.25) is 4.79 Å². The minimum atomic E-state index is -0.708. The summed E-state index contributed by atoms with van der Waals surface area (Å²) in [5, 5.41) is 2.74. The van der Waals surface area contributed by atoms with Gasteiger partial charge in [-0.05, 0) is 57.5 Å². The van der Waals surface area contributed by atoms with Crippen LogP contribution >= 0.6 is 0 Å². The van der Waals surface area contributed by atoms with Crippen LogP contribution in [0.3, 0.4) is 0 Å². The summed E-state index contributed by atoms with van der Waals surface area (Å²) in [5.74, 6) is -0.718. The van der Waals surface area contributed by atoms with Gasteiger partial charge in [0.05, 0.1) is 11.5 Å². The number of carbonyl (C=O) groups is 3. The number of hydrogen-bond acceptors (Lipinski definition) is 5. The minimum absolute atomic E-state index is 0.295. The number of rotatable bonds is 5. The molecule has 1 saturated heterocycles. The lowest BCUT2D eigenvalue weighted by atomic mass is 9.98. The molecule has 1 heterocycles. The Balaban J connectivity index is 1.61. The summed E-state index contributed by atoms with van der Waals surface area (Å²) in [6, 6.07) is 15.4. The number of hydrogen-bond donors (Lipinski definition) is 1. The number of nitrogens with one attached hydrogen (secondary N) is 1. The molecule has 0 aromatic heterocycles. The maximum Gasteiger partial charge on any atom is 0.338 e. The number of likely N-dealkylation sites (tertiary alicyclic amines) is 1. The molecule has 2 atom stereocenters. The predicted molar refractivity (Wildman–Crippen MR) is 111 cm³/mol. The van der Waals surface area contributed by atoms with E-state index >= 15 is 0 Å². The lowest BCUT2D eigenvalue weighted by molar-refractivity contribution is -0.164. The largest absolute Gasteiger partial charge is 0.469 e. The van der Waals surface area contributed by atoms with Gasteiger partial charge < -0.3 is 14.8 Å². The second kappa shape index (κ2) is 8.57. The molecule has 0 radical (unpaired) electrons. The molecule has 1 N–H and O–H groups in total. The van der Waals surface area contributed by atoms with Crippen molar-refractivity contribution in [2.45, 2.75) is 46.1 Å². The van der Waals surface area contributed by atoms with Crippen LogP contribution in [0.15, 0.2) is 54.6 Å². The smallest absolute Gasteiger partial charge is 0.338 e. The summed E-state index contributed by atoms with van der Waals surface area (Å²) in [4.78, 5) is 37.9. The fourth-order valence-electron chi connectivity index (χ4n) is 2.98. The van der Waals surface area contributed by atoms with E-state index in [9.17, 15) is 14.4 Å². The molecule has 1 aliphatic heterocycles. The van der Waals surface area contributed by atoms with E-state index in [-0.39, 0.29) is 5.91 Å². The first kappa shape index (κ1) is 21.4. The Labute approximate surface area is 176 Å². The van der Waals surface area contributed by atoms with Crippen molar-refractivity contribution in [1.82, 2.24) is 10.2 Å². The fourth-order valence-corrected chi connectivity index (χ4v) is 2.98. The number of ether oxygens (including phenoxy) is 2. The predicted octanol–water partition coefficient (Wildman–Crippen LogP) is 3.73. The third-order valence-corrected chi connectivity index (χ3v) is 4.56. The number of β-lactam (4-membered cyclic amide) rings is 1. The normalized spacial score (nSPS) is 18.4. The average Bonchev–Trinajstić information content (AvgIpc) is 2.71. The molecule has 7 heteroatoms. The number of imide groups is 1. The van der Waals surface area contributed by atoms with Crippen LogP contribution in [0.25, 0.3) is 0 Å². The maximum atomic E-state index is 12.5. The summed E-state index contributed by atoms with van der Waals surface area (Å²) >= 11 is 0. The van der Waals surface area contributed by atoms with E-state index in [1.54, 1.807) is 52.0 Å². The molecular formula is C23H26N2O5. The molecule has 0 unspecified atom stereocenters. The Kier molecular flexibility index (Phi) is 6.10. The quantitative estimate of drug-likeness (QED) is 0.600. The van der Waals surface area contributed by atoms with Crippen LogP contribution in [0.5, 0.6) is 5.75 Å². The monoisotopic (exact) mass is 410 g/mol. The van der Waals surface area contributed by atoms with Crippen molar-refractivity contribution >= 4 is 17.9 Å². The molecule has 0 saturated carbocycles. The summed E-state index contributed by atoms with van der Waals surface area (Å²) < 4.78 is 11.2. The van der Waals surface area contributed by atoms with E-state index in [1.165, 1.54) is 0 Å². The summed E-state index contributed by atoms with van der Waals surface area (Å²) in [5.41, 5.74) is 0.747. The molecule has 1 fully saturated rings. The van der Waals surface area contributed by atoms with Gasteiger partial charge in [0.15, 0.2) is 6.23 Å². The van der Waals surface area contributed by atoms with E-state index in [1.807, 2.05) is 30.3 Å². The number of benzene rings is 2. The van der Waals surface area contributed by atoms with Gasteiger partial charge in [-0.25, -0.2) is 14.5 Å². The first-order valence-electron chi connectivity index (χ1n) is 9.80. The lowest BCUT2D eigenvalue weighted by Crippen LogP contribution is -2.66. The molecule has 158 valence electrons. The van der Waals surface area contributed by atoms with Crippen molar-refractivity contribution in [1.29, 1.82) is 0 Å². The highest BCUT2D eigenvalue weighted by Gasteiger charge is 2.50. The van der Waals surface area contributed by atoms with Crippen molar-refractivity contribution in [2.24, 2.45) is 5.92 Å².